The Kier molecular flexibility index (Phi) is 28.1. The smallest absolute Gasteiger partial charge is 0.870 e. The summed E-state index contributed by atoms with van der Waals surface area (Å²) in [5, 5.41) is 6.71. The van der Waals surface area contributed by atoms with Crippen LogP contribution in [-0.4, -0.2) is 19.0 Å². The summed E-state index contributed by atoms with van der Waals surface area (Å²) in [4.78, 5) is 0. The van der Waals surface area contributed by atoms with Gasteiger partial charge in [-0.05, 0) is 0 Å². The standard InChI is InChI=1S/C28H60As.H2O/c1-5-9-13-14-15-16-17-18-19-20-21-22-23-24-28-29(25-10-6-2,26-11-7-3)27-12-8-4;/h5-28H2,1-4H3;1H2/q+1;/p-1. The normalized spacial score (nSPS) is 11.6. The van der Waals surface area contributed by atoms with Crippen molar-refractivity contribution in [3.05, 3.63) is 0 Å². The van der Waals surface area contributed by atoms with Crippen molar-refractivity contribution in [1.82, 2.24) is 0 Å². The second-order valence-corrected chi connectivity index (χ2v) is 19.3. The van der Waals surface area contributed by atoms with Gasteiger partial charge in [0.1, 0.15) is 0 Å². The molecule has 0 spiro atoms. The van der Waals surface area contributed by atoms with Crippen LogP contribution in [0, 0.1) is 0 Å². The maximum Gasteiger partial charge on any atom is -0.870 e. The Morgan fingerprint density at radius 1 is 0.300 bits per heavy atom. The first-order chi connectivity index (χ1) is 14.2. The molecule has 2 heteroatoms. The molecule has 0 aromatic rings. The molecule has 0 bridgehead atoms. The van der Waals surface area contributed by atoms with Crippen molar-refractivity contribution in [2.45, 2.75) is 177 Å². The molecular weight excluding hydrogens is 427 g/mol. The number of hydrogen-bond donors (Lipinski definition) is 0. The zero-order valence-corrected chi connectivity index (χ0v) is 23.7. The van der Waals surface area contributed by atoms with Crippen LogP contribution in [-0.2, 0) is 0 Å². The third-order valence-electron chi connectivity index (χ3n) is 6.94. The van der Waals surface area contributed by atoms with Gasteiger partial charge in [-0.25, -0.2) is 0 Å². The summed E-state index contributed by atoms with van der Waals surface area (Å²) in [7, 11) is 0. The van der Waals surface area contributed by atoms with Gasteiger partial charge in [0.05, 0.1) is 0 Å². The summed E-state index contributed by atoms with van der Waals surface area (Å²) in [5.41, 5.74) is 0. The minimum absolute atomic E-state index is 0. The molecule has 1 N–H and O–H groups in total. The molecule has 0 saturated carbocycles. The molecule has 30 heavy (non-hydrogen) atoms. The van der Waals surface area contributed by atoms with Crippen LogP contribution in [0.2, 0.25) is 20.8 Å². The Morgan fingerprint density at radius 2 is 0.533 bits per heavy atom. The number of unbranched alkanes of at least 4 members (excludes halogenated alkanes) is 16. The van der Waals surface area contributed by atoms with Crippen molar-refractivity contribution in [1.29, 1.82) is 0 Å². The Morgan fingerprint density at radius 3 is 0.833 bits per heavy atom. The van der Waals surface area contributed by atoms with E-state index >= 15 is 0 Å². The van der Waals surface area contributed by atoms with Gasteiger partial charge in [-0.15, -0.1) is 0 Å². The van der Waals surface area contributed by atoms with Crippen LogP contribution in [0.4, 0.5) is 0 Å². The van der Waals surface area contributed by atoms with E-state index in [9.17, 15) is 0 Å². The minimum atomic E-state index is -1.35. The molecule has 0 heterocycles. The van der Waals surface area contributed by atoms with Crippen molar-refractivity contribution in [3.8, 4) is 0 Å². The van der Waals surface area contributed by atoms with E-state index in [4.69, 9.17) is 0 Å². The SMILES string of the molecule is CCCCCCCCCCCCCCCC[As+](CCCC)(CCCC)CCCC.[OH-]. The third-order valence-corrected chi connectivity index (χ3v) is 17.6. The van der Waals surface area contributed by atoms with Crippen molar-refractivity contribution in [2.75, 3.05) is 0 Å². The van der Waals surface area contributed by atoms with Gasteiger partial charge in [-0.2, -0.15) is 0 Å². The van der Waals surface area contributed by atoms with Gasteiger partial charge < -0.3 is 5.48 Å². The van der Waals surface area contributed by atoms with Crippen LogP contribution in [0.1, 0.15) is 156 Å². The molecule has 0 unspecified atom stereocenters. The molecule has 0 amide bonds. The quantitative estimate of drug-likeness (QED) is 0.0981. The van der Waals surface area contributed by atoms with Gasteiger partial charge in [0.25, 0.3) is 0 Å². The van der Waals surface area contributed by atoms with Gasteiger partial charge in [0, 0.05) is 0 Å². The average Bonchev–Trinajstić information content (AvgIpc) is 2.74. The monoisotopic (exact) mass is 488 g/mol. The first-order valence-corrected chi connectivity index (χ1v) is 19.4. The molecule has 0 fully saturated rings. The molecule has 0 atom stereocenters. The van der Waals surface area contributed by atoms with Crippen molar-refractivity contribution in [3.63, 3.8) is 0 Å². The molecule has 1 nitrogen and oxygen atoms in total. The van der Waals surface area contributed by atoms with Crippen molar-refractivity contribution >= 4 is 13.6 Å². The second-order valence-electron chi connectivity index (χ2n) is 9.89. The van der Waals surface area contributed by atoms with Gasteiger partial charge in [-0.1, -0.05) is 26.2 Å². The maximum absolute atomic E-state index is 2.40. The van der Waals surface area contributed by atoms with Crippen LogP contribution >= 0.6 is 0 Å². The van der Waals surface area contributed by atoms with Crippen LogP contribution in [0.5, 0.6) is 0 Å². The molecule has 0 aromatic carbocycles. The molecule has 0 saturated heterocycles. The Balaban J connectivity index is 0. The summed E-state index contributed by atoms with van der Waals surface area (Å²) in [5.74, 6) is 0. The summed E-state index contributed by atoms with van der Waals surface area (Å²) >= 11 is -1.35. The molecule has 0 aliphatic heterocycles. The fraction of sp³-hybridized carbons (Fsp3) is 1.00. The topological polar surface area (TPSA) is 30.0 Å². The summed E-state index contributed by atoms with van der Waals surface area (Å²) in [6.07, 6.45) is 29.7. The average molecular weight is 489 g/mol. The third kappa shape index (κ3) is 20.4. The van der Waals surface area contributed by atoms with E-state index in [-0.39, 0.29) is 5.48 Å². The van der Waals surface area contributed by atoms with Gasteiger partial charge in [-0.3, -0.25) is 0 Å². The Hall–Kier alpha value is 0.518. The first-order valence-electron chi connectivity index (χ1n) is 14.1. The largest absolute Gasteiger partial charge is 0.870 e. The molecule has 0 aliphatic rings. The zero-order valence-electron chi connectivity index (χ0n) is 21.9. The predicted molar refractivity (Wildman–Crippen MR) is 142 cm³/mol. The molecule has 184 valence electrons. The summed E-state index contributed by atoms with van der Waals surface area (Å²) < 4.78 is 0. The first kappa shape index (κ1) is 32.7. The Labute approximate surface area is 195 Å². The van der Waals surface area contributed by atoms with Crippen LogP contribution < -0.4 is 0 Å². The Bertz CT molecular complexity index is 283. The molecule has 0 rings (SSSR count). The van der Waals surface area contributed by atoms with Gasteiger partial charge >= 0.3 is 164 Å². The number of rotatable bonds is 24. The molecule has 0 aromatic heterocycles. The van der Waals surface area contributed by atoms with E-state index in [1.807, 2.05) is 0 Å². The van der Waals surface area contributed by atoms with Gasteiger partial charge in [0.2, 0.25) is 0 Å². The van der Waals surface area contributed by atoms with Crippen LogP contribution in [0.25, 0.3) is 0 Å². The number of hydrogen-bond acceptors (Lipinski definition) is 1. The van der Waals surface area contributed by atoms with Crippen molar-refractivity contribution < 1.29 is 5.48 Å². The van der Waals surface area contributed by atoms with E-state index in [0.29, 0.717) is 0 Å². The molecule has 0 aliphatic carbocycles. The van der Waals surface area contributed by atoms with E-state index in [2.05, 4.69) is 27.7 Å². The fourth-order valence-corrected chi connectivity index (χ4v) is 15.7. The van der Waals surface area contributed by atoms with E-state index < -0.39 is 13.6 Å². The molecular formula is C28H61AsO. The summed E-state index contributed by atoms with van der Waals surface area (Å²) in [6.45, 7) is 9.51. The maximum atomic E-state index is 2.40. The van der Waals surface area contributed by atoms with E-state index in [0.717, 1.165) is 0 Å². The van der Waals surface area contributed by atoms with Crippen molar-refractivity contribution in [2.24, 2.45) is 0 Å². The van der Waals surface area contributed by atoms with E-state index in [1.54, 1.807) is 27.3 Å². The zero-order chi connectivity index (χ0) is 21.5. The summed E-state index contributed by atoms with van der Waals surface area (Å²) in [6, 6.07) is 0. The van der Waals surface area contributed by atoms with Crippen LogP contribution in [0.3, 0.4) is 0 Å². The van der Waals surface area contributed by atoms with Crippen LogP contribution in [0.15, 0.2) is 0 Å². The molecule has 0 radical (unpaired) electrons. The van der Waals surface area contributed by atoms with Gasteiger partial charge in [0.15, 0.2) is 0 Å². The fourth-order valence-electron chi connectivity index (χ4n) is 4.79. The van der Waals surface area contributed by atoms with E-state index in [1.165, 1.54) is 122 Å². The second kappa shape index (κ2) is 25.8. The predicted octanol–water partition coefficient (Wildman–Crippen LogP) is 11.1. The minimum Gasteiger partial charge on any atom is -0.870 e.